The molecule has 2 aromatic rings. The van der Waals surface area contributed by atoms with Crippen molar-refractivity contribution in [2.45, 2.75) is 129 Å². The number of ether oxygens (including phenoxy) is 2. The number of amides is 4. The summed E-state index contributed by atoms with van der Waals surface area (Å²) in [6.45, 7) is 9.55. The Bertz CT molecular complexity index is 2700. The van der Waals surface area contributed by atoms with Gasteiger partial charge in [-0.25, -0.2) is 35.5 Å². The Labute approximate surface area is 486 Å². The first-order valence-corrected chi connectivity index (χ1v) is 29.1. The van der Waals surface area contributed by atoms with Gasteiger partial charge in [0.25, 0.3) is 11.8 Å². The number of hydrogen-bond donors (Lipinski definition) is 4. The largest absolute Gasteiger partial charge is 1.00 e. The van der Waals surface area contributed by atoms with E-state index in [1.54, 1.807) is 26.3 Å². The van der Waals surface area contributed by atoms with Crippen molar-refractivity contribution in [2.24, 2.45) is 39.4 Å². The van der Waals surface area contributed by atoms with Crippen molar-refractivity contribution in [3.05, 3.63) is 46.5 Å². The van der Waals surface area contributed by atoms with Gasteiger partial charge in [-0.15, -0.1) is 0 Å². The van der Waals surface area contributed by atoms with Crippen LogP contribution in [0.2, 0.25) is 0 Å². The molecule has 0 unspecified atom stereocenters. The maximum atomic E-state index is 13.2. The van der Waals surface area contributed by atoms with Gasteiger partial charge >= 0.3 is 57.4 Å². The third-order valence-electron chi connectivity index (χ3n) is 16.2. The van der Waals surface area contributed by atoms with Crippen molar-refractivity contribution in [3.8, 4) is 17.8 Å². The molecule has 23 heteroatoms. The van der Waals surface area contributed by atoms with E-state index < -0.39 is 37.2 Å². The van der Waals surface area contributed by atoms with Crippen molar-refractivity contribution in [3.63, 3.8) is 0 Å². The molecule has 4 aliphatic heterocycles. The van der Waals surface area contributed by atoms with E-state index in [0.29, 0.717) is 80.5 Å². The third-order valence-corrected chi connectivity index (χ3v) is 19.9. The number of nitrogens with two attached hydrogens (primary N) is 1. The standard InChI is InChI=1S/C26H39N5O5S.C25H38N4O4S.CHNO.K/c1-17-5-7-19(8-6-17)23-28-24(32)26(29-23)10-12-31(13-11-26)37(34,35)14-9-21-18(2)15-20(16-22(21)36-4)30(3)25(27)33;1-17-5-7-19(8-6-17)23-27-24(30)25(28-23)10-12-29(13-11-25)34(31,32)14-9-21-18(2)15-20(26-3)16-22(21)33-4;2-1-3;/h15-17,19H,5-14H2,1-4H3,(H2,27,33)(H,28,29,32);15-17,19,26H,5-14H2,1-4H3,(H,27,28,30);3H;/q;;;+1/p-1. The number of rotatable bonds is 14. The minimum absolute atomic E-state index is 0. The first kappa shape index (κ1) is 62.0. The third kappa shape index (κ3) is 14.8. The van der Waals surface area contributed by atoms with E-state index in [1.165, 1.54) is 33.5 Å². The van der Waals surface area contributed by atoms with Gasteiger partial charge in [0.05, 0.1) is 25.7 Å². The normalized spacial score (nSPS) is 23.3. The summed E-state index contributed by atoms with van der Waals surface area (Å²) in [6.07, 6.45) is 11.6. The molecule has 4 amide bonds. The average Bonchev–Trinajstić information content (AvgIpc) is 3.86. The van der Waals surface area contributed by atoms with Crippen molar-refractivity contribution in [1.82, 2.24) is 19.2 Å². The quantitative estimate of drug-likeness (QED) is 0.155. The van der Waals surface area contributed by atoms with Gasteiger partial charge in [-0.2, -0.15) is 0 Å². The Hall–Kier alpha value is -3.86. The number of carbonyl (C=O) groups is 3. The maximum absolute atomic E-state index is 13.2. The number of sulfonamides is 2. The van der Waals surface area contributed by atoms with E-state index in [1.807, 2.05) is 33.0 Å². The smallest absolute Gasteiger partial charge is 0.812 e. The van der Waals surface area contributed by atoms with Crippen LogP contribution in [-0.4, -0.2) is 132 Å². The molecule has 2 aromatic carbocycles. The van der Waals surface area contributed by atoms with Crippen LogP contribution in [0.5, 0.6) is 11.5 Å². The zero-order valence-corrected chi connectivity index (χ0v) is 50.2. The minimum atomic E-state index is -3.55. The first-order valence-electron chi connectivity index (χ1n) is 25.9. The van der Waals surface area contributed by atoms with E-state index in [9.17, 15) is 31.2 Å². The van der Waals surface area contributed by atoms with Crippen LogP contribution in [-0.2, 0) is 42.5 Å². The molecule has 2 spiro atoms. The summed E-state index contributed by atoms with van der Waals surface area (Å²) >= 11 is 0. The zero-order valence-electron chi connectivity index (χ0n) is 45.4. The molecule has 6 aliphatic rings. The van der Waals surface area contributed by atoms with Crippen molar-refractivity contribution >= 4 is 60.9 Å². The summed E-state index contributed by atoms with van der Waals surface area (Å²) in [5.41, 5.74) is 8.74. The summed E-state index contributed by atoms with van der Waals surface area (Å²) in [5.74, 6) is 4.72. The van der Waals surface area contributed by atoms with Gasteiger partial charge in [-0.1, -0.05) is 39.5 Å². The van der Waals surface area contributed by atoms with E-state index in [2.05, 4.69) is 29.8 Å². The van der Waals surface area contributed by atoms with Gasteiger partial charge in [-0.05, 0) is 124 Å². The molecule has 5 N–H and O–H groups in total. The number of methoxy groups -OCH3 is 2. The number of aliphatic imine (C=N–C) groups is 2. The molecule has 2 saturated carbocycles. The monoisotopic (exact) mass is 1100 g/mol. The SMILES string of the molecule is CNc1cc(C)c(CCS(=O)(=O)N2CCC3(CC2)N=C(C2CCC(C)CC2)NC3=O)c(OC)c1.COc1cc(N(C)C(N)=O)cc(C)c1CCS(=O)(=O)N1CCC2(CC1)N=C(C1CCC(C)CC1)NC2=O.N#C[O-].[K+]. The molecule has 4 heterocycles. The summed E-state index contributed by atoms with van der Waals surface area (Å²) < 4.78 is 66.8. The number of hydrogen-bond acceptors (Lipinski definition) is 14. The van der Waals surface area contributed by atoms with E-state index >= 15 is 0 Å². The number of amidine groups is 2. The number of aryl methyl sites for hydroxylation is 2. The fraction of sp³-hybridized carbons (Fsp3) is 0.654. The number of piperidine rings is 2. The molecular formula is C52H77KN10O10S2. The van der Waals surface area contributed by atoms with E-state index in [0.717, 1.165) is 90.0 Å². The topological polar surface area (TPSA) is 281 Å². The van der Waals surface area contributed by atoms with Crippen LogP contribution in [0.1, 0.15) is 113 Å². The van der Waals surface area contributed by atoms with E-state index in [4.69, 9.17) is 35.6 Å². The molecule has 0 radical (unpaired) electrons. The second-order valence-electron chi connectivity index (χ2n) is 21.0. The summed E-state index contributed by atoms with van der Waals surface area (Å²) in [4.78, 5) is 48.4. The van der Waals surface area contributed by atoms with Crippen molar-refractivity contribution in [2.75, 3.05) is 76.2 Å². The van der Waals surface area contributed by atoms with Crippen molar-refractivity contribution < 1.29 is 97.2 Å². The van der Waals surface area contributed by atoms with Crippen LogP contribution in [0.4, 0.5) is 16.2 Å². The molecule has 0 aromatic heterocycles. The molecule has 8 rings (SSSR count). The Morgan fingerprint density at radius 3 is 1.49 bits per heavy atom. The van der Waals surface area contributed by atoms with Crippen LogP contribution in [0.3, 0.4) is 0 Å². The number of urea groups is 1. The van der Waals surface area contributed by atoms with Gasteiger partial charge in [0.1, 0.15) is 34.2 Å². The van der Waals surface area contributed by atoms with Gasteiger partial charge in [0.2, 0.25) is 20.0 Å². The number of carbonyl (C=O) groups excluding carboxylic acids is 3. The zero-order chi connectivity index (χ0) is 54.2. The number of anilines is 2. The predicted octanol–water partition coefficient (Wildman–Crippen LogP) is 1.52. The second-order valence-corrected chi connectivity index (χ2v) is 25.1. The van der Waals surface area contributed by atoms with Gasteiger partial charge in [0.15, 0.2) is 0 Å². The fourth-order valence-corrected chi connectivity index (χ4v) is 14.1. The van der Waals surface area contributed by atoms with Crippen LogP contribution in [0.15, 0.2) is 34.3 Å². The Morgan fingerprint density at radius 1 is 0.760 bits per heavy atom. The molecule has 408 valence electrons. The van der Waals surface area contributed by atoms with Gasteiger partial charge in [0, 0.05) is 81.9 Å². The number of nitrogens with zero attached hydrogens (tertiary/aromatic N) is 6. The average molecular weight is 1110 g/mol. The summed E-state index contributed by atoms with van der Waals surface area (Å²) in [6, 6.07) is 6.77. The fourth-order valence-electron chi connectivity index (χ4n) is 11.2. The van der Waals surface area contributed by atoms with Crippen LogP contribution < -0.4 is 92.5 Å². The molecule has 0 bridgehead atoms. The Balaban J connectivity index is 0.000000261. The number of nitrogens with one attached hydrogen (secondary N) is 3. The van der Waals surface area contributed by atoms with Gasteiger partial charge < -0.3 is 36.3 Å². The number of benzene rings is 2. The van der Waals surface area contributed by atoms with E-state index in [-0.39, 0.29) is 94.2 Å². The molecule has 2 saturated heterocycles. The number of primary amides is 1. The maximum Gasteiger partial charge on any atom is 1.00 e. The second kappa shape index (κ2) is 26.7. The molecular weight excluding hydrogens is 1030 g/mol. The summed E-state index contributed by atoms with van der Waals surface area (Å²) in [7, 11) is -0.489. The molecule has 2 aliphatic carbocycles. The number of nitriles is 1. The predicted molar refractivity (Wildman–Crippen MR) is 284 cm³/mol. The molecule has 20 nitrogen and oxygen atoms in total. The van der Waals surface area contributed by atoms with Crippen LogP contribution in [0, 0.1) is 49.0 Å². The van der Waals surface area contributed by atoms with Crippen LogP contribution in [0.25, 0.3) is 0 Å². The Morgan fingerprint density at radius 2 is 1.13 bits per heavy atom. The van der Waals surface area contributed by atoms with Crippen molar-refractivity contribution in [1.29, 1.82) is 5.26 Å². The summed E-state index contributed by atoms with van der Waals surface area (Å²) in [5, 5.41) is 24.2. The molecule has 75 heavy (non-hydrogen) atoms. The minimum Gasteiger partial charge on any atom is -0.812 e. The van der Waals surface area contributed by atoms with Gasteiger partial charge in [-0.3, -0.25) is 24.5 Å². The molecule has 0 atom stereocenters. The first-order chi connectivity index (χ1) is 35.0. The Kier molecular flexibility index (Phi) is 22.0. The molecule has 4 fully saturated rings. The van der Waals surface area contributed by atoms with Crippen LogP contribution >= 0.6 is 0 Å².